The molecule has 3 nitrogen and oxygen atoms in total. The van der Waals surface area contributed by atoms with Crippen molar-refractivity contribution in [3.8, 4) is 0 Å². The van der Waals surface area contributed by atoms with Crippen molar-refractivity contribution < 1.29 is 10.2 Å². The summed E-state index contributed by atoms with van der Waals surface area (Å²) in [7, 11) is 0. The predicted molar refractivity (Wildman–Crippen MR) is 57.2 cm³/mol. The smallest absolute Gasteiger partial charge is 0.0693 e. The first kappa shape index (κ1) is 12.0. The molecule has 0 radical (unpaired) electrons. The van der Waals surface area contributed by atoms with Crippen LogP contribution in [0.4, 0.5) is 0 Å². The molecule has 0 saturated heterocycles. The Bertz CT molecular complexity index is 161. The van der Waals surface area contributed by atoms with Gasteiger partial charge in [-0.05, 0) is 33.1 Å². The highest BCUT2D eigenvalue weighted by atomic mass is 16.3. The van der Waals surface area contributed by atoms with Crippen LogP contribution in [-0.2, 0) is 0 Å². The van der Waals surface area contributed by atoms with Crippen LogP contribution in [0.25, 0.3) is 0 Å². The van der Waals surface area contributed by atoms with E-state index in [0.29, 0.717) is 0 Å². The molecule has 1 aliphatic carbocycles. The molecular formula is C11H23NO2. The van der Waals surface area contributed by atoms with E-state index in [0.717, 1.165) is 25.7 Å². The minimum absolute atomic E-state index is 0.194. The average molecular weight is 201 g/mol. The zero-order valence-corrected chi connectivity index (χ0v) is 9.24. The topological polar surface area (TPSA) is 52.5 Å². The van der Waals surface area contributed by atoms with E-state index in [9.17, 15) is 10.2 Å². The van der Waals surface area contributed by atoms with E-state index in [1.165, 1.54) is 6.42 Å². The Hall–Kier alpha value is -0.120. The monoisotopic (exact) mass is 201 g/mol. The van der Waals surface area contributed by atoms with Crippen LogP contribution in [0.1, 0.15) is 46.0 Å². The zero-order chi connectivity index (χ0) is 10.6. The Labute approximate surface area is 86.5 Å². The van der Waals surface area contributed by atoms with Gasteiger partial charge in [0.1, 0.15) is 0 Å². The van der Waals surface area contributed by atoms with E-state index >= 15 is 0 Å². The second kappa shape index (κ2) is 5.69. The van der Waals surface area contributed by atoms with Crippen LogP contribution < -0.4 is 5.32 Å². The molecule has 14 heavy (non-hydrogen) atoms. The van der Waals surface area contributed by atoms with Gasteiger partial charge in [-0.2, -0.15) is 0 Å². The summed E-state index contributed by atoms with van der Waals surface area (Å²) in [5.74, 6) is 0. The van der Waals surface area contributed by atoms with Gasteiger partial charge in [0.25, 0.3) is 0 Å². The Balaban J connectivity index is 2.27. The number of hydrogen-bond acceptors (Lipinski definition) is 3. The average Bonchev–Trinajstić information content (AvgIpc) is 2.07. The molecule has 0 aromatic carbocycles. The van der Waals surface area contributed by atoms with Gasteiger partial charge in [0, 0.05) is 12.1 Å². The van der Waals surface area contributed by atoms with Gasteiger partial charge >= 0.3 is 0 Å². The number of aliphatic hydroxyl groups excluding tert-OH is 2. The van der Waals surface area contributed by atoms with Gasteiger partial charge in [-0.1, -0.05) is 12.8 Å². The lowest BCUT2D eigenvalue weighted by Crippen LogP contribution is -2.46. The molecule has 84 valence electrons. The summed E-state index contributed by atoms with van der Waals surface area (Å²) in [6.45, 7) is 3.86. The third-order valence-corrected chi connectivity index (χ3v) is 2.92. The zero-order valence-electron chi connectivity index (χ0n) is 9.24. The number of nitrogens with one attached hydrogen (secondary N) is 1. The standard InChI is InChI=1S/C11H23NO2/c1-8(7-9(2)13)12-10-5-3-4-6-11(10)14/h8-14H,3-7H2,1-2H3. The Morgan fingerprint density at radius 2 is 1.93 bits per heavy atom. The normalized spacial score (nSPS) is 32.6. The molecule has 0 aromatic rings. The van der Waals surface area contributed by atoms with Crippen LogP contribution in [0.15, 0.2) is 0 Å². The highest BCUT2D eigenvalue weighted by Crippen LogP contribution is 2.19. The molecule has 0 aliphatic heterocycles. The molecule has 4 atom stereocenters. The van der Waals surface area contributed by atoms with Gasteiger partial charge in [0.05, 0.1) is 12.2 Å². The van der Waals surface area contributed by atoms with Crippen molar-refractivity contribution in [3.63, 3.8) is 0 Å². The van der Waals surface area contributed by atoms with Gasteiger partial charge in [0.2, 0.25) is 0 Å². The van der Waals surface area contributed by atoms with Crippen molar-refractivity contribution in [1.82, 2.24) is 5.32 Å². The summed E-state index contributed by atoms with van der Waals surface area (Å²) in [6, 6.07) is 0.519. The van der Waals surface area contributed by atoms with E-state index in [4.69, 9.17) is 0 Å². The maximum Gasteiger partial charge on any atom is 0.0693 e. The molecule has 0 aromatic heterocycles. The first-order chi connectivity index (χ1) is 6.59. The number of rotatable bonds is 4. The van der Waals surface area contributed by atoms with Gasteiger partial charge in [0.15, 0.2) is 0 Å². The molecule has 1 saturated carbocycles. The van der Waals surface area contributed by atoms with Crippen LogP contribution >= 0.6 is 0 Å². The van der Waals surface area contributed by atoms with E-state index < -0.39 is 0 Å². The largest absolute Gasteiger partial charge is 0.393 e. The number of aliphatic hydroxyl groups is 2. The van der Waals surface area contributed by atoms with Crippen LogP contribution in [0, 0.1) is 0 Å². The van der Waals surface area contributed by atoms with Gasteiger partial charge < -0.3 is 15.5 Å². The molecule has 0 amide bonds. The fraction of sp³-hybridized carbons (Fsp3) is 1.00. The lowest BCUT2D eigenvalue weighted by atomic mass is 9.92. The van der Waals surface area contributed by atoms with Crippen LogP contribution in [0.5, 0.6) is 0 Å². The Kier molecular flexibility index (Phi) is 4.85. The van der Waals surface area contributed by atoms with Crippen molar-refractivity contribution >= 4 is 0 Å². The molecule has 1 fully saturated rings. The summed E-state index contributed by atoms with van der Waals surface area (Å²) in [5, 5.41) is 22.3. The van der Waals surface area contributed by atoms with E-state index in [1.54, 1.807) is 6.92 Å². The minimum atomic E-state index is -0.266. The predicted octanol–water partition coefficient (Wildman–Crippen LogP) is 1.04. The van der Waals surface area contributed by atoms with Crippen LogP contribution in [0.2, 0.25) is 0 Å². The Morgan fingerprint density at radius 1 is 1.29 bits per heavy atom. The lowest BCUT2D eigenvalue weighted by Gasteiger charge is -2.31. The SMILES string of the molecule is CC(O)CC(C)NC1CCCCC1O. The quantitative estimate of drug-likeness (QED) is 0.637. The molecule has 1 rings (SSSR count). The lowest BCUT2D eigenvalue weighted by molar-refractivity contribution is 0.0798. The molecule has 0 heterocycles. The molecule has 0 spiro atoms. The van der Waals surface area contributed by atoms with Crippen molar-refractivity contribution in [2.75, 3.05) is 0 Å². The van der Waals surface area contributed by atoms with Gasteiger partial charge in [-0.3, -0.25) is 0 Å². The van der Waals surface area contributed by atoms with E-state index in [1.807, 2.05) is 0 Å². The molecule has 3 heteroatoms. The number of hydrogen-bond donors (Lipinski definition) is 3. The molecule has 0 bridgehead atoms. The first-order valence-electron chi connectivity index (χ1n) is 5.71. The van der Waals surface area contributed by atoms with Gasteiger partial charge in [-0.15, -0.1) is 0 Å². The Morgan fingerprint density at radius 3 is 2.50 bits per heavy atom. The van der Waals surface area contributed by atoms with E-state index in [2.05, 4.69) is 12.2 Å². The summed E-state index contributed by atoms with van der Waals surface area (Å²) < 4.78 is 0. The third kappa shape index (κ3) is 3.95. The molecule has 3 N–H and O–H groups in total. The summed E-state index contributed by atoms with van der Waals surface area (Å²) >= 11 is 0. The van der Waals surface area contributed by atoms with Crippen LogP contribution in [0.3, 0.4) is 0 Å². The van der Waals surface area contributed by atoms with Gasteiger partial charge in [-0.25, -0.2) is 0 Å². The highest BCUT2D eigenvalue weighted by Gasteiger charge is 2.24. The maximum atomic E-state index is 9.73. The second-order valence-corrected chi connectivity index (χ2v) is 4.61. The van der Waals surface area contributed by atoms with E-state index in [-0.39, 0.29) is 24.3 Å². The van der Waals surface area contributed by atoms with Crippen LogP contribution in [-0.4, -0.2) is 34.5 Å². The highest BCUT2D eigenvalue weighted by molar-refractivity contribution is 4.82. The van der Waals surface area contributed by atoms with Crippen molar-refractivity contribution in [3.05, 3.63) is 0 Å². The fourth-order valence-corrected chi connectivity index (χ4v) is 2.25. The maximum absolute atomic E-state index is 9.73. The summed E-state index contributed by atoms with van der Waals surface area (Å²) in [6.07, 6.45) is 4.62. The third-order valence-electron chi connectivity index (χ3n) is 2.92. The van der Waals surface area contributed by atoms with Crippen molar-refractivity contribution in [1.29, 1.82) is 0 Å². The molecule has 1 aliphatic rings. The minimum Gasteiger partial charge on any atom is -0.393 e. The fourth-order valence-electron chi connectivity index (χ4n) is 2.25. The summed E-state index contributed by atoms with van der Waals surface area (Å²) in [5.41, 5.74) is 0. The first-order valence-corrected chi connectivity index (χ1v) is 5.71. The van der Waals surface area contributed by atoms with Crippen molar-refractivity contribution in [2.24, 2.45) is 0 Å². The second-order valence-electron chi connectivity index (χ2n) is 4.61. The molecular weight excluding hydrogens is 178 g/mol. The summed E-state index contributed by atoms with van der Waals surface area (Å²) in [4.78, 5) is 0. The van der Waals surface area contributed by atoms with Crippen molar-refractivity contribution in [2.45, 2.75) is 70.2 Å². The molecule has 4 unspecified atom stereocenters.